The maximum atomic E-state index is 14.0. The third-order valence-electron chi connectivity index (χ3n) is 7.54. The molecule has 0 aliphatic carbocycles. The average Bonchev–Trinajstić information content (AvgIpc) is 3.48. The van der Waals surface area contributed by atoms with Crippen molar-refractivity contribution in [3.63, 3.8) is 0 Å². The van der Waals surface area contributed by atoms with Crippen LogP contribution in [0.25, 0.3) is 0 Å². The van der Waals surface area contributed by atoms with E-state index in [0.29, 0.717) is 30.8 Å². The summed E-state index contributed by atoms with van der Waals surface area (Å²) in [4.78, 5) is 42.7. The van der Waals surface area contributed by atoms with E-state index in [0.717, 1.165) is 12.8 Å². The highest BCUT2D eigenvalue weighted by Crippen LogP contribution is 2.66. The molecule has 35 heavy (non-hydrogen) atoms. The van der Waals surface area contributed by atoms with Crippen LogP contribution in [0.5, 0.6) is 5.75 Å². The first-order chi connectivity index (χ1) is 16.8. The van der Waals surface area contributed by atoms with E-state index in [1.165, 1.54) is 0 Å². The van der Waals surface area contributed by atoms with Gasteiger partial charge in [0.05, 0.1) is 36.3 Å². The molecule has 0 saturated carbocycles. The Bertz CT molecular complexity index is 955. The molecule has 1 aromatic rings. The number of nitrogens with one attached hydrogen (secondary N) is 2. The lowest BCUT2D eigenvalue weighted by Gasteiger charge is -2.37. The maximum Gasteiger partial charge on any atom is 0.248 e. The number of anilines is 1. The fourth-order valence-electron chi connectivity index (χ4n) is 6.16. The third-order valence-corrected chi connectivity index (χ3v) is 9.50. The number of amides is 3. The zero-order valence-electron chi connectivity index (χ0n) is 21.0. The van der Waals surface area contributed by atoms with Crippen LogP contribution in [0, 0.1) is 17.8 Å². The summed E-state index contributed by atoms with van der Waals surface area (Å²) in [6.07, 6.45) is 2.90. The van der Waals surface area contributed by atoms with Crippen LogP contribution in [0.15, 0.2) is 24.3 Å². The lowest BCUT2D eigenvalue weighted by molar-refractivity contribution is -0.142. The molecule has 1 aromatic carbocycles. The lowest BCUT2D eigenvalue weighted by Crippen LogP contribution is -2.55. The second kappa shape index (κ2) is 10.4. The number of hydrogen-bond acceptors (Lipinski definition) is 6. The Kier molecular flexibility index (Phi) is 7.66. The minimum atomic E-state index is -0.753. The number of thioether (sulfide) groups is 1. The Morgan fingerprint density at radius 1 is 1.26 bits per heavy atom. The van der Waals surface area contributed by atoms with Crippen molar-refractivity contribution in [2.45, 2.75) is 68.5 Å². The van der Waals surface area contributed by atoms with Gasteiger partial charge in [-0.25, -0.2) is 0 Å². The number of methoxy groups -OCH3 is 1. The topological polar surface area (TPSA) is 108 Å². The van der Waals surface area contributed by atoms with Crippen molar-refractivity contribution < 1.29 is 24.2 Å². The largest absolute Gasteiger partial charge is 0.497 e. The number of aliphatic hydroxyl groups excluding tert-OH is 1. The van der Waals surface area contributed by atoms with E-state index in [-0.39, 0.29) is 35.5 Å². The fraction of sp³-hybridized carbons (Fsp3) is 0.654. The number of benzene rings is 1. The summed E-state index contributed by atoms with van der Waals surface area (Å²) in [5.74, 6) is -0.631. The van der Waals surface area contributed by atoms with E-state index >= 15 is 0 Å². The first kappa shape index (κ1) is 25.8. The summed E-state index contributed by atoms with van der Waals surface area (Å²) in [6, 6.07) is 5.85. The Morgan fingerprint density at radius 3 is 2.57 bits per heavy atom. The van der Waals surface area contributed by atoms with Crippen LogP contribution in [0.3, 0.4) is 0 Å². The van der Waals surface area contributed by atoms with Crippen molar-refractivity contribution in [3.05, 3.63) is 24.3 Å². The zero-order chi connectivity index (χ0) is 25.3. The van der Waals surface area contributed by atoms with Crippen LogP contribution in [0.1, 0.15) is 46.5 Å². The number of carbonyl (C=O) groups excluding carboxylic acids is 3. The van der Waals surface area contributed by atoms with Gasteiger partial charge in [0, 0.05) is 17.5 Å². The van der Waals surface area contributed by atoms with Gasteiger partial charge < -0.3 is 25.4 Å². The number of rotatable bonds is 10. The summed E-state index contributed by atoms with van der Waals surface area (Å²) in [6.45, 7) is 6.42. The van der Waals surface area contributed by atoms with Crippen molar-refractivity contribution in [1.82, 2.24) is 10.2 Å². The minimum absolute atomic E-state index is 0.0249. The molecule has 0 aromatic heterocycles. The second-order valence-electron chi connectivity index (χ2n) is 10.3. The van der Waals surface area contributed by atoms with Crippen molar-refractivity contribution in [3.8, 4) is 5.75 Å². The smallest absolute Gasteiger partial charge is 0.248 e. The molecule has 3 aliphatic heterocycles. The Balaban J connectivity index is 1.70. The summed E-state index contributed by atoms with van der Waals surface area (Å²) < 4.78 is 4.54. The van der Waals surface area contributed by atoms with Gasteiger partial charge in [0.25, 0.3) is 0 Å². The number of nitrogens with zero attached hydrogens (tertiary/aromatic N) is 1. The van der Waals surface area contributed by atoms with Crippen LogP contribution in [-0.4, -0.2) is 70.1 Å². The molecule has 2 bridgehead atoms. The number of aliphatic hydroxyl groups is 1. The van der Waals surface area contributed by atoms with Crippen LogP contribution in [-0.2, 0) is 14.4 Å². The van der Waals surface area contributed by atoms with Crippen molar-refractivity contribution in [1.29, 1.82) is 0 Å². The van der Waals surface area contributed by atoms with E-state index in [4.69, 9.17) is 4.74 Å². The monoisotopic (exact) mass is 503 g/mol. The predicted molar refractivity (Wildman–Crippen MR) is 136 cm³/mol. The van der Waals surface area contributed by atoms with Gasteiger partial charge in [-0.2, -0.15) is 0 Å². The number of likely N-dealkylation sites (tertiary alicyclic amines) is 1. The van der Waals surface area contributed by atoms with Gasteiger partial charge in [0.15, 0.2) is 0 Å². The van der Waals surface area contributed by atoms with Gasteiger partial charge in [-0.3, -0.25) is 14.4 Å². The van der Waals surface area contributed by atoms with Gasteiger partial charge in [0.1, 0.15) is 11.8 Å². The van der Waals surface area contributed by atoms with Crippen LogP contribution >= 0.6 is 11.8 Å². The molecule has 3 N–H and O–H groups in total. The Hall–Kier alpha value is -2.26. The molecule has 3 aliphatic rings. The zero-order valence-corrected chi connectivity index (χ0v) is 21.8. The van der Waals surface area contributed by atoms with Crippen molar-refractivity contribution in [2.24, 2.45) is 17.8 Å². The predicted octanol–water partition coefficient (Wildman–Crippen LogP) is 2.66. The van der Waals surface area contributed by atoms with Gasteiger partial charge >= 0.3 is 0 Å². The standard InChI is InChI=1S/C26H37N3O5S/c1-5-12-27-23(31)20-19-10-11-26(35-19)21(20)25(33)29(17(14-30)13-15(2)3)22(26)24(32)28-16-6-8-18(34-4)9-7-16/h6-9,15,17,19-22,30H,5,10-14H2,1-4H3,(H,27,31)(H,28,32)/t17-,19+,20-,21+,22?,26?/m1/s1. The molecule has 8 nitrogen and oxygen atoms in total. The molecular weight excluding hydrogens is 466 g/mol. The molecule has 4 rings (SSSR count). The molecule has 6 atom stereocenters. The van der Waals surface area contributed by atoms with Crippen molar-refractivity contribution in [2.75, 3.05) is 25.6 Å². The molecular formula is C26H37N3O5S. The van der Waals surface area contributed by atoms with Gasteiger partial charge in [-0.1, -0.05) is 20.8 Å². The molecule has 3 amide bonds. The van der Waals surface area contributed by atoms with Gasteiger partial charge in [0.2, 0.25) is 17.7 Å². The normalized spacial score (nSPS) is 29.9. The lowest BCUT2D eigenvalue weighted by atomic mass is 9.70. The van der Waals surface area contributed by atoms with Gasteiger partial charge in [-0.15, -0.1) is 11.8 Å². The van der Waals surface area contributed by atoms with E-state index in [2.05, 4.69) is 10.6 Å². The number of carbonyl (C=O) groups is 3. The summed E-state index contributed by atoms with van der Waals surface area (Å²) >= 11 is 1.64. The second-order valence-corrected chi connectivity index (χ2v) is 11.9. The Labute approximate surface area is 211 Å². The maximum absolute atomic E-state index is 14.0. The summed E-state index contributed by atoms with van der Waals surface area (Å²) in [5.41, 5.74) is 0.613. The van der Waals surface area contributed by atoms with Crippen LogP contribution in [0.4, 0.5) is 5.69 Å². The molecule has 3 fully saturated rings. The van der Waals surface area contributed by atoms with E-state index in [1.54, 1.807) is 48.0 Å². The minimum Gasteiger partial charge on any atom is -0.497 e. The van der Waals surface area contributed by atoms with E-state index < -0.39 is 28.7 Å². The highest BCUT2D eigenvalue weighted by atomic mass is 32.2. The van der Waals surface area contributed by atoms with Crippen molar-refractivity contribution >= 4 is 35.2 Å². The van der Waals surface area contributed by atoms with E-state index in [1.807, 2.05) is 20.8 Å². The summed E-state index contributed by atoms with van der Waals surface area (Å²) in [5, 5.41) is 16.3. The molecule has 9 heteroatoms. The van der Waals surface area contributed by atoms with Gasteiger partial charge in [-0.05, 0) is 55.9 Å². The molecule has 2 unspecified atom stereocenters. The number of hydrogen-bond donors (Lipinski definition) is 3. The molecule has 0 radical (unpaired) electrons. The quantitative estimate of drug-likeness (QED) is 0.453. The fourth-order valence-corrected chi connectivity index (χ4v) is 8.36. The van der Waals surface area contributed by atoms with Crippen LogP contribution in [0.2, 0.25) is 0 Å². The first-order valence-corrected chi connectivity index (χ1v) is 13.5. The molecule has 192 valence electrons. The SMILES string of the molecule is CCCNC(=O)[C@@H]1[C@@H]2CCC3(S2)C(C(=O)Nc2ccc(OC)cc2)N([C@@H](CO)CC(C)C)C(=O)[C@H]13. The molecule has 3 saturated heterocycles. The number of ether oxygens (including phenoxy) is 1. The average molecular weight is 504 g/mol. The highest BCUT2D eigenvalue weighted by Gasteiger charge is 2.74. The van der Waals surface area contributed by atoms with E-state index in [9.17, 15) is 19.5 Å². The molecule has 1 spiro atoms. The van der Waals surface area contributed by atoms with Crippen LogP contribution < -0.4 is 15.4 Å². The first-order valence-electron chi connectivity index (χ1n) is 12.6. The number of fused-ring (bicyclic) bond motifs is 1. The highest BCUT2D eigenvalue weighted by molar-refractivity contribution is 8.02. The Morgan fingerprint density at radius 2 is 1.97 bits per heavy atom. The molecule has 3 heterocycles. The summed E-state index contributed by atoms with van der Waals surface area (Å²) in [7, 11) is 1.58. The third kappa shape index (κ3) is 4.53.